The maximum atomic E-state index is 4.92. The van der Waals surface area contributed by atoms with Gasteiger partial charge in [-0.2, -0.15) is 0 Å². The summed E-state index contributed by atoms with van der Waals surface area (Å²) < 4.78 is 4.92. The van der Waals surface area contributed by atoms with Gasteiger partial charge in [-0.1, -0.05) is 0 Å². The van der Waals surface area contributed by atoms with Gasteiger partial charge in [0.15, 0.2) is 0 Å². The van der Waals surface area contributed by atoms with Crippen LogP contribution in [0.1, 0.15) is 0 Å². The van der Waals surface area contributed by atoms with Gasteiger partial charge in [0.1, 0.15) is 12.6 Å². The molecule has 58 valence electrons. The van der Waals surface area contributed by atoms with Crippen LogP contribution in [0.3, 0.4) is 0 Å². The minimum absolute atomic E-state index is 0.889. The van der Waals surface area contributed by atoms with E-state index in [1.165, 1.54) is 0 Å². The first kappa shape index (κ1) is 5.77. The van der Waals surface area contributed by atoms with Crippen LogP contribution in [0.4, 0.5) is 0 Å². The molecule has 0 amide bonds. The Bertz CT molecular complexity index is 446. The van der Waals surface area contributed by atoms with Crippen LogP contribution in [-0.4, -0.2) is 15.1 Å². The first-order valence-corrected chi connectivity index (χ1v) is 3.60. The van der Waals surface area contributed by atoms with E-state index in [0.717, 1.165) is 21.9 Å². The molecule has 1 N–H and O–H groups in total. The summed E-state index contributed by atoms with van der Waals surface area (Å²) in [6, 6.07) is 3.86. The van der Waals surface area contributed by atoms with Gasteiger partial charge in [-0.05, 0) is 12.1 Å². The molecule has 0 unspecified atom stereocenters. The lowest BCUT2D eigenvalue weighted by Crippen LogP contribution is -1.70. The zero-order valence-corrected chi connectivity index (χ0v) is 6.11. The van der Waals surface area contributed by atoms with E-state index >= 15 is 0 Å². The number of hydrogen-bond acceptors (Lipinski definition) is 3. The number of benzene rings is 1. The SMILES string of the molecule is c1nc2cc3co[nH]c3cc2n1. The van der Waals surface area contributed by atoms with E-state index in [9.17, 15) is 0 Å². The summed E-state index contributed by atoms with van der Waals surface area (Å²) >= 11 is 0. The second kappa shape index (κ2) is 1.85. The standard InChI is InChI=1S/C8H5N3O/c1-5-3-12-11-6(5)2-8-7(1)9-4-10-8/h1-4,11H. The highest BCUT2D eigenvalue weighted by molar-refractivity contribution is 5.92. The van der Waals surface area contributed by atoms with E-state index in [4.69, 9.17) is 4.52 Å². The Balaban J connectivity index is 2.62. The van der Waals surface area contributed by atoms with Crippen LogP contribution in [0.2, 0.25) is 0 Å². The number of hydrogen-bond donors (Lipinski definition) is 1. The minimum Gasteiger partial charge on any atom is -0.389 e. The second-order valence-electron chi connectivity index (χ2n) is 2.64. The van der Waals surface area contributed by atoms with Gasteiger partial charge in [-0.3, -0.25) is 0 Å². The maximum absolute atomic E-state index is 4.92. The Hall–Kier alpha value is -1.84. The molecule has 0 saturated carbocycles. The van der Waals surface area contributed by atoms with Gasteiger partial charge in [0.2, 0.25) is 0 Å². The molecule has 4 nitrogen and oxygen atoms in total. The molecule has 0 aliphatic carbocycles. The molecule has 3 rings (SSSR count). The highest BCUT2D eigenvalue weighted by atomic mass is 16.5. The van der Waals surface area contributed by atoms with Crippen LogP contribution in [0, 0.1) is 0 Å². The van der Waals surface area contributed by atoms with Crippen LogP contribution >= 0.6 is 0 Å². The summed E-state index contributed by atoms with van der Waals surface area (Å²) in [5.74, 6) is 0. The molecule has 12 heavy (non-hydrogen) atoms. The predicted molar refractivity (Wildman–Crippen MR) is 43.7 cm³/mol. The van der Waals surface area contributed by atoms with E-state index in [1.807, 2.05) is 12.1 Å². The average Bonchev–Trinajstić information content (AvgIpc) is 2.64. The van der Waals surface area contributed by atoms with E-state index in [0.29, 0.717) is 0 Å². The first-order chi connectivity index (χ1) is 5.93. The highest BCUT2D eigenvalue weighted by Crippen LogP contribution is 2.18. The Labute approximate surface area is 67.2 Å². The Morgan fingerprint density at radius 2 is 2.00 bits per heavy atom. The maximum Gasteiger partial charge on any atom is 0.128 e. The van der Waals surface area contributed by atoms with Crippen molar-refractivity contribution in [2.75, 3.05) is 0 Å². The molecule has 0 aliphatic heterocycles. The molecule has 0 saturated heterocycles. The van der Waals surface area contributed by atoms with Crippen molar-refractivity contribution in [1.29, 1.82) is 0 Å². The fraction of sp³-hybridized carbons (Fsp3) is 0. The number of aromatic nitrogens is 3. The topological polar surface area (TPSA) is 54.7 Å². The fourth-order valence-electron chi connectivity index (χ4n) is 1.30. The lowest BCUT2D eigenvalue weighted by Gasteiger charge is -1.86. The summed E-state index contributed by atoms with van der Waals surface area (Å²) in [7, 11) is 0. The molecular weight excluding hydrogens is 154 g/mol. The molecule has 0 bridgehead atoms. The summed E-state index contributed by atoms with van der Waals surface area (Å²) in [6.07, 6.45) is 3.21. The number of nitrogens with one attached hydrogen (secondary N) is 1. The third-order valence-electron chi connectivity index (χ3n) is 1.90. The van der Waals surface area contributed by atoms with E-state index in [2.05, 4.69) is 15.1 Å². The van der Waals surface area contributed by atoms with Crippen molar-refractivity contribution < 1.29 is 4.52 Å². The van der Waals surface area contributed by atoms with Crippen molar-refractivity contribution in [3.05, 3.63) is 24.7 Å². The highest BCUT2D eigenvalue weighted by Gasteiger charge is 2.01. The van der Waals surface area contributed by atoms with Gasteiger partial charge in [0.05, 0.1) is 16.6 Å². The monoisotopic (exact) mass is 159 g/mol. The van der Waals surface area contributed by atoms with Crippen LogP contribution < -0.4 is 0 Å². The van der Waals surface area contributed by atoms with Crippen molar-refractivity contribution >= 4 is 21.9 Å². The van der Waals surface area contributed by atoms with Gasteiger partial charge >= 0.3 is 0 Å². The fourth-order valence-corrected chi connectivity index (χ4v) is 1.30. The van der Waals surface area contributed by atoms with Crippen LogP contribution in [0.25, 0.3) is 21.9 Å². The predicted octanol–water partition coefficient (Wildman–Crippen LogP) is 1.70. The van der Waals surface area contributed by atoms with Gasteiger partial charge in [-0.25, -0.2) is 15.1 Å². The lowest BCUT2D eigenvalue weighted by atomic mass is 10.2. The molecule has 0 radical (unpaired) electrons. The summed E-state index contributed by atoms with van der Waals surface area (Å²) in [5.41, 5.74) is 2.74. The van der Waals surface area contributed by atoms with Gasteiger partial charge in [0, 0.05) is 5.39 Å². The smallest absolute Gasteiger partial charge is 0.128 e. The Morgan fingerprint density at radius 1 is 1.17 bits per heavy atom. The Kier molecular flexibility index (Phi) is 0.889. The van der Waals surface area contributed by atoms with Crippen molar-refractivity contribution in [3.8, 4) is 0 Å². The molecule has 3 aromatic rings. The van der Waals surface area contributed by atoms with Crippen molar-refractivity contribution in [1.82, 2.24) is 15.1 Å². The molecule has 0 fully saturated rings. The molecule has 1 aromatic carbocycles. The zero-order valence-electron chi connectivity index (χ0n) is 6.11. The number of imidazole rings is 1. The van der Waals surface area contributed by atoms with E-state index < -0.39 is 0 Å². The van der Waals surface area contributed by atoms with E-state index in [-0.39, 0.29) is 0 Å². The van der Waals surface area contributed by atoms with Crippen LogP contribution in [0.15, 0.2) is 29.2 Å². The van der Waals surface area contributed by atoms with Crippen molar-refractivity contribution in [2.24, 2.45) is 0 Å². The van der Waals surface area contributed by atoms with Crippen LogP contribution in [0.5, 0.6) is 0 Å². The normalized spacial score (nSPS) is 11.3. The van der Waals surface area contributed by atoms with Gasteiger partial charge in [0.25, 0.3) is 0 Å². The van der Waals surface area contributed by atoms with E-state index in [1.54, 1.807) is 12.6 Å². The average molecular weight is 159 g/mol. The third-order valence-corrected chi connectivity index (χ3v) is 1.90. The quantitative estimate of drug-likeness (QED) is 0.543. The molecule has 2 heterocycles. The number of H-pyrrole nitrogens is 1. The largest absolute Gasteiger partial charge is 0.389 e. The summed E-state index contributed by atoms with van der Waals surface area (Å²) in [4.78, 5) is 8.16. The second-order valence-corrected chi connectivity index (χ2v) is 2.64. The lowest BCUT2D eigenvalue weighted by molar-refractivity contribution is 0.428. The number of fused-ring (bicyclic) bond motifs is 2. The van der Waals surface area contributed by atoms with Crippen LogP contribution in [-0.2, 0) is 0 Å². The molecule has 4 heteroatoms. The number of rotatable bonds is 0. The van der Waals surface area contributed by atoms with Crippen molar-refractivity contribution in [3.63, 3.8) is 0 Å². The summed E-state index contributed by atoms with van der Waals surface area (Å²) in [6.45, 7) is 0. The minimum atomic E-state index is 0.889. The first-order valence-electron chi connectivity index (χ1n) is 3.60. The number of aromatic amines is 1. The van der Waals surface area contributed by atoms with Crippen molar-refractivity contribution in [2.45, 2.75) is 0 Å². The summed E-state index contributed by atoms with van der Waals surface area (Å²) in [5, 5.41) is 3.78. The number of nitrogens with zero attached hydrogens (tertiary/aromatic N) is 2. The molecule has 0 atom stereocenters. The molecule has 2 aromatic heterocycles. The van der Waals surface area contributed by atoms with Gasteiger partial charge < -0.3 is 4.52 Å². The molecule has 0 aliphatic rings. The third kappa shape index (κ3) is 0.611. The Morgan fingerprint density at radius 3 is 2.92 bits per heavy atom. The molecule has 0 spiro atoms. The zero-order chi connectivity index (χ0) is 7.97. The molecular formula is C8H5N3O. The van der Waals surface area contributed by atoms with Gasteiger partial charge in [-0.15, -0.1) is 0 Å².